The average molecular weight is 326 g/mol. The van der Waals surface area contributed by atoms with Crippen LogP contribution in [0.25, 0.3) is 0 Å². The number of hydrogen-bond donors (Lipinski definition) is 2. The van der Waals surface area contributed by atoms with Gasteiger partial charge in [0.1, 0.15) is 5.75 Å². The molecule has 0 aliphatic heterocycles. The van der Waals surface area contributed by atoms with Crippen molar-refractivity contribution < 1.29 is 9.90 Å². The molecule has 1 aromatic rings. The van der Waals surface area contributed by atoms with Crippen LogP contribution >= 0.6 is 15.9 Å². The second-order valence-corrected chi connectivity index (χ2v) is 6.41. The lowest BCUT2D eigenvalue weighted by atomic mass is 9.83. The van der Waals surface area contributed by atoms with Crippen molar-refractivity contribution in [1.82, 2.24) is 5.32 Å². The Morgan fingerprint density at radius 1 is 1.37 bits per heavy atom. The normalized spacial score (nSPS) is 23.1. The minimum atomic E-state index is -0.197. The maximum atomic E-state index is 12.0. The van der Waals surface area contributed by atoms with Crippen molar-refractivity contribution in [3.05, 3.63) is 28.2 Å². The van der Waals surface area contributed by atoms with Gasteiger partial charge in [-0.05, 0) is 42.9 Å². The van der Waals surface area contributed by atoms with Crippen LogP contribution in [0.3, 0.4) is 0 Å². The van der Waals surface area contributed by atoms with Crippen molar-refractivity contribution in [2.45, 2.75) is 32.6 Å². The third-order valence-electron chi connectivity index (χ3n) is 3.89. The second-order valence-electron chi connectivity index (χ2n) is 5.50. The summed E-state index contributed by atoms with van der Waals surface area (Å²) < 4.78 is 0.793. The Hall–Kier alpha value is -1.03. The minimum absolute atomic E-state index is 0.0259. The van der Waals surface area contributed by atoms with Gasteiger partial charge in [0, 0.05) is 11.0 Å². The summed E-state index contributed by atoms with van der Waals surface area (Å²) in [7, 11) is 0. The van der Waals surface area contributed by atoms with Crippen LogP contribution in [0.4, 0.5) is 0 Å². The minimum Gasteiger partial charge on any atom is -0.507 e. The molecule has 0 spiro atoms. The van der Waals surface area contributed by atoms with Crippen LogP contribution in [-0.2, 0) is 0 Å². The Balaban J connectivity index is 1.89. The summed E-state index contributed by atoms with van der Waals surface area (Å²) >= 11 is 3.31. The zero-order chi connectivity index (χ0) is 13.8. The van der Waals surface area contributed by atoms with Crippen LogP contribution in [0.1, 0.15) is 43.0 Å². The third-order valence-corrected chi connectivity index (χ3v) is 4.38. The molecule has 19 heavy (non-hydrogen) atoms. The fraction of sp³-hybridized carbons (Fsp3) is 0.533. The number of halogens is 1. The Morgan fingerprint density at radius 2 is 2.05 bits per heavy atom. The van der Waals surface area contributed by atoms with E-state index in [1.54, 1.807) is 12.1 Å². The first kappa shape index (κ1) is 14.4. The number of carbonyl (C=O) groups excluding carboxylic acids is 1. The van der Waals surface area contributed by atoms with Gasteiger partial charge in [0.2, 0.25) is 0 Å². The smallest absolute Gasteiger partial charge is 0.255 e. The highest BCUT2D eigenvalue weighted by Crippen LogP contribution is 2.28. The van der Waals surface area contributed by atoms with Gasteiger partial charge in [0.25, 0.3) is 5.91 Å². The lowest BCUT2D eigenvalue weighted by Gasteiger charge is -2.26. The highest BCUT2D eigenvalue weighted by atomic mass is 79.9. The van der Waals surface area contributed by atoms with Crippen molar-refractivity contribution in [1.29, 1.82) is 0 Å². The lowest BCUT2D eigenvalue weighted by molar-refractivity contribution is 0.0939. The number of phenolic OH excluding ortho intramolecular Hbond substituents is 1. The number of aromatic hydroxyl groups is 1. The van der Waals surface area contributed by atoms with Gasteiger partial charge < -0.3 is 10.4 Å². The first-order chi connectivity index (χ1) is 9.06. The van der Waals surface area contributed by atoms with Crippen molar-refractivity contribution in [2.24, 2.45) is 11.8 Å². The molecule has 1 aliphatic carbocycles. The second kappa shape index (κ2) is 6.42. The van der Waals surface area contributed by atoms with Crippen molar-refractivity contribution >= 4 is 21.8 Å². The number of rotatable bonds is 3. The monoisotopic (exact) mass is 325 g/mol. The van der Waals surface area contributed by atoms with Crippen LogP contribution in [0.2, 0.25) is 0 Å². The topological polar surface area (TPSA) is 49.3 Å². The quantitative estimate of drug-likeness (QED) is 0.889. The Kier molecular flexibility index (Phi) is 4.86. The van der Waals surface area contributed by atoms with Gasteiger partial charge in [-0.2, -0.15) is 0 Å². The SMILES string of the molecule is CC1CCC(CNC(=O)c2cc(Br)ccc2O)CC1. The Morgan fingerprint density at radius 3 is 2.74 bits per heavy atom. The van der Waals surface area contributed by atoms with Gasteiger partial charge in [-0.25, -0.2) is 0 Å². The summed E-state index contributed by atoms with van der Waals surface area (Å²) in [6.45, 7) is 2.99. The maximum absolute atomic E-state index is 12.0. The predicted molar refractivity (Wildman–Crippen MR) is 79.3 cm³/mol. The highest BCUT2D eigenvalue weighted by Gasteiger charge is 2.19. The molecule has 0 atom stereocenters. The molecule has 4 heteroatoms. The summed E-state index contributed by atoms with van der Waals surface area (Å²) in [5, 5.41) is 12.6. The number of nitrogens with one attached hydrogen (secondary N) is 1. The van der Waals surface area contributed by atoms with Crippen molar-refractivity contribution in [3.8, 4) is 5.75 Å². The molecular weight excluding hydrogens is 306 g/mol. The van der Waals surface area contributed by atoms with E-state index in [2.05, 4.69) is 28.2 Å². The predicted octanol–water partition coefficient (Wildman–Crippen LogP) is 3.71. The van der Waals surface area contributed by atoms with Crippen LogP contribution in [0.15, 0.2) is 22.7 Å². The summed E-state index contributed by atoms with van der Waals surface area (Å²) in [4.78, 5) is 12.0. The lowest BCUT2D eigenvalue weighted by Crippen LogP contribution is -2.31. The molecule has 2 N–H and O–H groups in total. The Labute approximate surface area is 122 Å². The van der Waals surface area contributed by atoms with Crippen LogP contribution < -0.4 is 5.32 Å². The van der Waals surface area contributed by atoms with Crippen LogP contribution in [-0.4, -0.2) is 17.6 Å². The van der Waals surface area contributed by atoms with Crippen molar-refractivity contribution in [3.63, 3.8) is 0 Å². The number of hydrogen-bond acceptors (Lipinski definition) is 2. The van der Waals surface area contributed by atoms with E-state index in [0.717, 1.165) is 10.4 Å². The van der Waals surface area contributed by atoms with E-state index in [1.807, 2.05) is 0 Å². The Bertz CT molecular complexity index is 453. The van der Waals surface area contributed by atoms with Crippen molar-refractivity contribution in [2.75, 3.05) is 6.54 Å². The summed E-state index contributed by atoms with van der Waals surface area (Å²) in [5.41, 5.74) is 0.332. The number of benzene rings is 1. The molecule has 0 radical (unpaired) electrons. The number of carbonyl (C=O) groups is 1. The molecular formula is C15H20BrNO2. The fourth-order valence-corrected chi connectivity index (χ4v) is 2.92. The van der Waals surface area contributed by atoms with E-state index in [0.29, 0.717) is 18.0 Å². The molecule has 1 amide bonds. The van der Waals surface area contributed by atoms with Gasteiger partial charge in [0.15, 0.2) is 0 Å². The molecule has 1 fully saturated rings. The summed E-state index contributed by atoms with van der Waals surface area (Å²) in [6, 6.07) is 4.89. The van der Waals surface area contributed by atoms with E-state index in [9.17, 15) is 9.90 Å². The van der Waals surface area contributed by atoms with E-state index in [1.165, 1.54) is 31.7 Å². The third kappa shape index (κ3) is 3.96. The largest absolute Gasteiger partial charge is 0.507 e. The first-order valence-corrected chi connectivity index (χ1v) is 7.62. The standard InChI is InChI=1S/C15H20BrNO2/c1-10-2-4-11(5-3-10)9-17-15(19)13-8-12(16)6-7-14(13)18/h6-8,10-11,18H,2-5,9H2,1H3,(H,17,19). The van der Waals surface area contributed by atoms with Gasteiger partial charge in [-0.1, -0.05) is 35.7 Å². The molecule has 0 saturated heterocycles. The molecule has 1 aromatic carbocycles. The molecule has 1 aliphatic rings. The molecule has 1 saturated carbocycles. The average Bonchev–Trinajstić information content (AvgIpc) is 2.40. The van der Waals surface area contributed by atoms with E-state index < -0.39 is 0 Å². The zero-order valence-electron chi connectivity index (χ0n) is 11.2. The highest BCUT2D eigenvalue weighted by molar-refractivity contribution is 9.10. The number of phenols is 1. The fourth-order valence-electron chi connectivity index (χ4n) is 2.56. The molecule has 0 aromatic heterocycles. The zero-order valence-corrected chi connectivity index (χ0v) is 12.7. The molecule has 0 heterocycles. The molecule has 3 nitrogen and oxygen atoms in total. The molecule has 0 unspecified atom stereocenters. The van der Waals surface area contributed by atoms with Crippen LogP contribution in [0.5, 0.6) is 5.75 Å². The van der Waals surface area contributed by atoms with Gasteiger partial charge >= 0.3 is 0 Å². The molecule has 104 valence electrons. The first-order valence-electron chi connectivity index (χ1n) is 6.83. The summed E-state index contributed by atoms with van der Waals surface area (Å²) in [6.07, 6.45) is 4.88. The van der Waals surface area contributed by atoms with E-state index >= 15 is 0 Å². The van der Waals surface area contributed by atoms with Gasteiger partial charge in [-0.15, -0.1) is 0 Å². The number of amides is 1. The molecule has 0 bridgehead atoms. The summed E-state index contributed by atoms with van der Waals surface area (Å²) in [5.74, 6) is 1.23. The van der Waals surface area contributed by atoms with E-state index in [4.69, 9.17) is 0 Å². The van der Waals surface area contributed by atoms with Gasteiger partial charge in [-0.3, -0.25) is 4.79 Å². The van der Waals surface area contributed by atoms with Gasteiger partial charge in [0.05, 0.1) is 5.56 Å². The molecule has 2 rings (SSSR count). The van der Waals surface area contributed by atoms with E-state index in [-0.39, 0.29) is 11.7 Å². The maximum Gasteiger partial charge on any atom is 0.255 e. The van der Waals surface area contributed by atoms with Crippen LogP contribution in [0, 0.1) is 11.8 Å².